The number of amides is 2. The maximum Gasteiger partial charge on any atom is 0.308 e. The van der Waals surface area contributed by atoms with Crippen molar-refractivity contribution in [2.45, 2.75) is 199 Å². The number of ether oxygens (including phenoxy) is 3. The molecule has 9 atom stereocenters. The molecule has 0 radical (unpaired) electrons. The molecule has 22 heteroatoms. The molecule has 6 aromatic rings. The number of hydrogen-bond acceptors (Lipinski definition) is 16. The number of carboxylic acid groups (broad SMARTS) is 1. The lowest BCUT2D eigenvalue weighted by Crippen LogP contribution is -2.48. The smallest absolute Gasteiger partial charge is 0.308 e. The SMILES string of the molecule is C.CC1(C)CCc2cc(C(O)[C@H](N)CN3CCCC3)ccc2O1.CC1(C)CCc2cc([C@@H](O)[C@@H](CN3CCCC3)NC(=O)[C@@H]3CCN(c4ccc(Cl)cc4)C3)ccc2O1.CC1(C)CCc2cc([C@@H](O)[C@@H](CN3CCCC3)NC(=O)[C@H]3CCN(c4ccc(Cl)cc4)C3)ccc2O1.O=C(O)C1CCN(c2ccc(Cl)cc2)C1. The first-order valence-electron chi connectivity index (χ1n) is 39.9. The van der Waals surface area contributed by atoms with Crippen molar-refractivity contribution in [3.8, 4) is 17.2 Å². The van der Waals surface area contributed by atoms with Gasteiger partial charge < -0.3 is 80.4 Å². The number of nitrogens with zero attached hydrogens (tertiary/aromatic N) is 6. The Hall–Kier alpha value is -6.88. The van der Waals surface area contributed by atoms with Gasteiger partial charge in [-0.25, -0.2) is 0 Å². The lowest BCUT2D eigenvalue weighted by atomic mass is 9.91. The first-order chi connectivity index (χ1) is 52.2. The summed E-state index contributed by atoms with van der Waals surface area (Å²) < 4.78 is 18.3. The van der Waals surface area contributed by atoms with E-state index in [2.05, 4.69) is 99.8 Å². The van der Waals surface area contributed by atoms with Gasteiger partial charge in [0, 0.05) is 97.1 Å². The van der Waals surface area contributed by atoms with Crippen LogP contribution in [0.3, 0.4) is 0 Å². The molecule has 598 valence electrons. The summed E-state index contributed by atoms with van der Waals surface area (Å²) in [6.07, 6.45) is 13.0. The van der Waals surface area contributed by atoms with Gasteiger partial charge >= 0.3 is 5.97 Å². The third kappa shape index (κ3) is 22.7. The minimum Gasteiger partial charge on any atom is -0.488 e. The average molecular weight is 1570 g/mol. The first kappa shape index (κ1) is 84.0. The maximum atomic E-state index is 13.4. The predicted octanol–water partition coefficient (Wildman–Crippen LogP) is 14.3. The van der Waals surface area contributed by atoms with Crippen LogP contribution in [0.2, 0.25) is 15.1 Å². The molecule has 110 heavy (non-hydrogen) atoms. The number of carbonyl (C=O) groups excluding carboxylic acids is 2. The molecule has 0 aromatic heterocycles. The summed E-state index contributed by atoms with van der Waals surface area (Å²) >= 11 is 17.9. The van der Waals surface area contributed by atoms with Crippen molar-refractivity contribution in [3.05, 3.63) is 176 Å². The quantitative estimate of drug-likeness (QED) is 0.0377. The van der Waals surface area contributed by atoms with Crippen LogP contribution in [-0.4, -0.2) is 186 Å². The van der Waals surface area contributed by atoms with Gasteiger partial charge in [0.15, 0.2) is 0 Å². The molecule has 6 fully saturated rings. The van der Waals surface area contributed by atoms with E-state index in [1.54, 1.807) is 0 Å². The highest BCUT2D eigenvalue weighted by molar-refractivity contribution is 6.31. The van der Waals surface area contributed by atoms with E-state index in [9.17, 15) is 29.7 Å². The van der Waals surface area contributed by atoms with Crippen LogP contribution < -0.4 is 45.3 Å². The Labute approximate surface area is 668 Å². The number of aliphatic carboxylic acids is 1. The minimum absolute atomic E-state index is 0. The number of rotatable bonds is 20. The van der Waals surface area contributed by atoms with Gasteiger partial charge in [-0.2, -0.15) is 0 Å². The van der Waals surface area contributed by atoms with Gasteiger partial charge in [0.2, 0.25) is 11.8 Å². The lowest BCUT2D eigenvalue weighted by Gasteiger charge is -2.34. The lowest BCUT2D eigenvalue weighted by molar-refractivity contribution is -0.141. The molecular weight excluding hydrogens is 1450 g/mol. The van der Waals surface area contributed by atoms with Crippen molar-refractivity contribution < 1.29 is 49.0 Å². The molecular formula is C88H120Cl3N9O10. The zero-order chi connectivity index (χ0) is 77.2. The molecule has 0 spiro atoms. The van der Waals surface area contributed by atoms with Crippen LogP contribution in [-0.2, 0) is 33.6 Å². The highest BCUT2D eigenvalue weighted by atomic mass is 35.5. The summed E-state index contributed by atoms with van der Waals surface area (Å²) in [5.41, 5.74) is 15.1. The van der Waals surface area contributed by atoms with Crippen molar-refractivity contribution >= 4 is 69.6 Å². The number of nitrogens with two attached hydrogens (primary N) is 1. The molecule has 19 nitrogen and oxygen atoms in total. The number of carbonyl (C=O) groups is 3. The molecule has 9 aliphatic rings. The van der Waals surface area contributed by atoms with Crippen molar-refractivity contribution in [2.24, 2.45) is 23.5 Å². The number of carboxylic acids is 1. The fraction of sp³-hybridized carbons (Fsp3) is 0.557. The molecule has 0 saturated carbocycles. The molecule has 15 rings (SSSR count). The molecule has 2 unspecified atom stereocenters. The van der Waals surface area contributed by atoms with E-state index in [0.29, 0.717) is 47.8 Å². The number of fused-ring (bicyclic) bond motifs is 3. The van der Waals surface area contributed by atoms with Gasteiger partial charge in [0.25, 0.3) is 0 Å². The third-order valence-electron chi connectivity index (χ3n) is 23.5. The Kier molecular flexibility index (Phi) is 28.9. The standard InChI is InChI=1S/2C29H38ClN3O3.C18H28N2O2.C11H12ClNO2.CH4/c2*1-29(2)13-11-20-17-21(5-10-26(20)36-29)27(34)25(19-32-14-3-4-15-32)31-28(35)22-12-16-33(18-22)24-8-6-23(30)7-9-24;1-18(2)8-7-13-11-14(5-6-16(13)22-18)17(21)15(19)12-20-9-3-4-10-20;12-9-1-3-10(4-2-9)13-6-5-8(7-13)11(14)15;/h2*5-10,17,22,25,27,34H,3-4,11-16,18-19H2,1-2H3,(H,31,35);5-6,11,15,17,21H,3-4,7-10,12,19H2,1-2H3;1-4,8H,5-7H2,(H,14,15);1H4/t22-,25+,27+;22-,25-,27-;15-,17?;;/m011../s1. The summed E-state index contributed by atoms with van der Waals surface area (Å²) in [7, 11) is 0. The molecule has 0 aliphatic carbocycles. The molecule has 8 N–H and O–H groups in total. The number of nitrogens with one attached hydrogen (secondary N) is 2. The van der Waals surface area contributed by atoms with Crippen molar-refractivity contribution in [1.29, 1.82) is 0 Å². The van der Waals surface area contributed by atoms with E-state index in [4.69, 9.17) is 59.9 Å². The van der Waals surface area contributed by atoms with Crippen LogP contribution in [0.4, 0.5) is 17.1 Å². The van der Waals surface area contributed by atoms with E-state index in [0.717, 1.165) is 185 Å². The summed E-state index contributed by atoms with van der Waals surface area (Å²) in [5, 5.41) is 51.0. The van der Waals surface area contributed by atoms with Gasteiger partial charge in [0.05, 0.1) is 35.9 Å². The average Bonchev–Trinajstić information content (AvgIpc) is 0.891. The molecule has 9 aliphatic heterocycles. The second-order valence-corrected chi connectivity index (χ2v) is 34.8. The Balaban J connectivity index is 0.000000152. The minimum atomic E-state index is -0.774. The number of aliphatic hydroxyl groups is 3. The molecule has 6 saturated heterocycles. The summed E-state index contributed by atoms with van der Waals surface area (Å²) in [6, 6.07) is 40.1. The van der Waals surface area contributed by atoms with Gasteiger partial charge in [-0.1, -0.05) is 60.4 Å². The van der Waals surface area contributed by atoms with Crippen LogP contribution in [0.25, 0.3) is 0 Å². The van der Waals surface area contributed by atoms with E-state index in [1.165, 1.54) is 44.1 Å². The van der Waals surface area contributed by atoms with E-state index < -0.39 is 24.3 Å². The fourth-order valence-corrected chi connectivity index (χ4v) is 17.1. The van der Waals surface area contributed by atoms with Gasteiger partial charge in [-0.15, -0.1) is 0 Å². The van der Waals surface area contributed by atoms with Crippen LogP contribution in [0.15, 0.2) is 127 Å². The molecule has 0 bridgehead atoms. The highest BCUT2D eigenvalue weighted by Crippen LogP contribution is 2.40. The van der Waals surface area contributed by atoms with Crippen LogP contribution >= 0.6 is 34.8 Å². The summed E-state index contributed by atoms with van der Waals surface area (Å²) in [5.74, 6) is 1.65. The van der Waals surface area contributed by atoms with Crippen molar-refractivity contribution in [1.82, 2.24) is 25.3 Å². The second kappa shape index (κ2) is 37.8. The normalized spacial score (nSPS) is 22.7. The maximum absolute atomic E-state index is 13.4. The van der Waals surface area contributed by atoms with Crippen LogP contribution in [0, 0.1) is 17.8 Å². The monoisotopic (exact) mass is 1570 g/mol. The molecule has 2 amide bonds. The van der Waals surface area contributed by atoms with Crippen LogP contribution in [0.1, 0.15) is 178 Å². The van der Waals surface area contributed by atoms with E-state index in [1.807, 2.05) is 109 Å². The number of anilines is 3. The Morgan fingerprint density at radius 3 is 1.04 bits per heavy atom. The molecule has 9 heterocycles. The van der Waals surface area contributed by atoms with Gasteiger partial charge in [-0.05, 0) is 320 Å². The predicted molar refractivity (Wildman–Crippen MR) is 442 cm³/mol. The summed E-state index contributed by atoms with van der Waals surface area (Å²) in [4.78, 5) is 51.2. The summed E-state index contributed by atoms with van der Waals surface area (Å²) in [6.45, 7) is 25.4. The largest absolute Gasteiger partial charge is 0.488 e. The number of aryl methyl sites for hydroxylation is 3. The number of benzene rings is 6. The zero-order valence-corrected chi connectivity index (χ0v) is 66.9. The molecule has 6 aromatic carbocycles. The Morgan fingerprint density at radius 2 is 0.727 bits per heavy atom. The number of aliphatic hydroxyl groups excluding tert-OH is 3. The fourth-order valence-electron chi connectivity index (χ4n) is 16.8. The van der Waals surface area contributed by atoms with E-state index >= 15 is 0 Å². The third-order valence-corrected chi connectivity index (χ3v) is 24.2. The zero-order valence-electron chi connectivity index (χ0n) is 64.7. The second-order valence-electron chi connectivity index (χ2n) is 33.5. The Bertz CT molecular complexity index is 3830. The number of likely N-dealkylation sites (tertiary alicyclic amines) is 3. The van der Waals surface area contributed by atoms with Crippen molar-refractivity contribution in [2.75, 3.05) is 113 Å². The topological polar surface area (TPSA) is 229 Å². The van der Waals surface area contributed by atoms with Gasteiger partial charge in [-0.3, -0.25) is 14.4 Å². The van der Waals surface area contributed by atoms with E-state index in [-0.39, 0.29) is 71.9 Å². The number of hydrogen-bond donors (Lipinski definition) is 7. The van der Waals surface area contributed by atoms with Gasteiger partial charge in [0.1, 0.15) is 46.3 Å². The number of halogens is 3. The highest BCUT2D eigenvalue weighted by Gasteiger charge is 2.38. The van der Waals surface area contributed by atoms with Crippen LogP contribution in [0.5, 0.6) is 17.2 Å². The first-order valence-corrected chi connectivity index (χ1v) is 41.1. The Morgan fingerprint density at radius 1 is 0.436 bits per heavy atom. The van der Waals surface area contributed by atoms with Crippen molar-refractivity contribution in [3.63, 3.8) is 0 Å².